The number of hydrogen-bond donors (Lipinski definition) is 1. The number of para-hydroxylation sites is 1. The maximum atomic E-state index is 13.7. The Balaban J connectivity index is 2.01. The van der Waals surface area contributed by atoms with Gasteiger partial charge in [-0.2, -0.15) is 0 Å². The molecule has 4 heteroatoms. The predicted octanol–water partition coefficient (Wildman–Crippen LogP) is 3.53. The van der Waals surface area contributed by atoms with Gasteiger partial charge in [0.2, 0.25) is 5.78 Å². The van der Waals surface area contributed by atoms with Gasteiger partial charge in [0.1, 0.15) is 0 Å². The molecule has 106 valence electrons. The molecule has 2 aromatic rings. The molecule has 1 aromatic heterocycles. The third-order valence-corrected chi connectivity index (χ3v) is 4.35. The van der Waals surface area contributed by atoms with Crippen LogP contribution in [0.1, 0.15) is 36.7 Å². The lowest BCUT2D eigenvalue weighted by Crippen LogP contribution is -2.45. The lowest BCUT2D eigenvalue weighted by Gasteiger charge is -2.34. The molecule has 1 N–H and O–H groups in total. The molecule has 3 rings (SSSR count). The second-order valence-electron chi connectivity index (χ2n) is 5.51. The molecule has 0 saturated carbocycles. The molecule has 0 bridgehead atoms. The van der Waals surface area contributed by atoms with E-state index in [-0.39, 0.29) is 17.1 Å². The highest BCUT2D eigenvalue weighted by molar-refractivity contribution is 6.01. The highest BCUT2D eigenvalue weighted by Gasteiger charge is 2.40. The van der Waals surface area contributed by atoms with Crippen LogP contribution in [0.2, 0.25) is 0 Å². The van der Waals surface area contributed by atoms with E-state index in [2.05, 4.69) is 5.32 Å². The van der Waals surface area contributed by atoms with E-state index in [9.17, 15) is 9.18 Å². The number of Topliss-reactive ketones (excluding diaryl/α,β-unsaturated/α-hetero) is 1. The average molecular weight is 275 g/mol. The van der Waals surface area contributed by atoms with Crippen molar-refractivity contribution in [2.24, 2.45) is 5.41 Å². The Morgan fingerprint density at radius 3 is 3.00 bits per heavy atom. The minimum atomic E-state index is -0.422. The topological polar surface area (TPSA) is 42.2 Å². The molecule has 1 saturated heterocycles. The van der Waals surface area contributed by atoms with E-state index in [1.54, 1.807) is 18.2 Å². The first-order valence-electron chi connectivity index (χ1n) is 7.10. The van der Waals surface area contributed by atoms with Crippen molar-refractivity contribution in [2.45, 2.75) is 26.2 Å². The summed E-state index contributed by atoms with van der Waals surface area (Å²) in [7, 11) is 0. The van der Waals surface area contributed by atoms with Crippen molar-refractivity contribution in [3.8, 4) is 0 Å². The van der Waals surface area contributed by atoms with Crippen LogP contribution in [-0.4, -0.2) is 18.9 Å². The molecule has 1 aromatic carbocycles. The van der Waals surface area contributed by atoms with Crippen LogP contribution in [0.5, 0.6) is 0 Å². The van der Waals surface area contributed by atoms with Crippen molar-refractivity contribution < 1.29 is 13.6 Å². The summed E-state index contributed by atoms with van der Waals surface area (Å²) in [6.45, 7) is 3.64. The molecule has 0 amide bonds. The molecule has 1 aliphatic heterocycles. The minimum absolute atomic E-state index is 0.0113. The van der Waals surface area contributed by atoms with Gasteiger partial charge in [0, 0.05) is 17.3 Å². The maximum absolute atomic E-state index is 13.7. The zero-order chi connectivity index (χ0) is 14.2. The number of carbonyl (C=O) groups is 1. The van der Waals surface area contributed by atoms with E-state index < -0.39 is 11.2 Å². The van der Waals surface area contributed by atoms with Gasteiger partial charge < -0.3 is 9.73 Å². The molecular formula is C16H18FNO2. The van der Waals surface area contributed by atoms with Crippen LogP contribution >= 0.6 is 0 Å². The zero-order valence-corrected chi connectivity index (χ0v) is 11.5. The van der Waals surface area contributed by atoms with Gasteiger partial charge >= 0.3 is 0 Å². The summed E-state index contributed by atoms with van der Waals surface area (Å²) in [6.07, 6.45) is 2.60. The standard InChI is InChI=1S/C16H18FNO2/c1-2-16(7-4-8-18-10-16)15(19)13-9-11-5-3-6-12(17)14(11)20-13/h3,5-6,9,18H,2,4,7-8,10H2,1H3. The number of carbonyl (C=O) groups excluding carboxylic acids is 1. The molecule has 1 atom stereocenters. The van der Waals surface area contributed by atoms with Gasteiger partial charge in [-0.05, 0) is 37.9 Å². The molecule has 0 aliphatic carbocycles. The highest BCUT2D eigenvalue weighted by atomic mass is 19.1. The van der Waals surface area contributed by atoms with Gasteiger partial charge in [-0.15, -0.1) is 0 Å². The fourth-order valence-electron chi connectivity index (χ4n) is 3.02. The Morgan fingerprint density at radius 1 is 1.50 bits per heavy atom. The Morgan fingerprint density at radius 2 is 2.35 bits per heavy atom. The van der Waals surface area contributed by atoms with Crippen molar-refractivity contribution in [1.82, 2.24) is 5.32 Å². The van der Waals surface area contributed by atoms with Crippen LogP contribution in [0.3, 0.4) is 0 Å². The normalized spacial score (nSPS) is 23.1. The fourth-order valence-corrected chi connectivity index (χ4v) is 3.02. The van der Waals surface area contributed by atoms with Crippen molar-refractivity contribution in [1.29, 1.82) is 0 Å². The minimum Gasteiger partial charge on any atom is -0.450 e. The first-order valence-corrected chi connectivity index (χ1v) is 7.10. The number of rotatable bonds is 3. The van der Waals surface area contributed by atoms with Crippen LogP contribution in [-0.2, 0) is 0 Å². The summed E-state index contributed by atoms with van der Waals surface area (Å²) < 4.78 is 19.2. The van der Waals surface area contributed by atoms with Crippen molar-refractivity contribution >= 4 is 16.8 Å². The maximum Gasteiger partial charge on any atom is 0.205 e. The van der Waals surface area contributed by atoms with E-state index in [4.69, 9.17) is 4.42 Å². The fraction of sp³-hybridized carbons (Fsp3) is 0.438. The third kappa shape index (κ3) is 2.04. The number of nitrogens with one attached hydrogen (secondary N) is 1. The van der Waals surface area contributed by atoms with Crippen LogP contribution in [0, 0.1) is 11.2 Å². The summed E-state index contributed by atoms with van der Waals surface area (Å²) in [5, 5.41) is 3.93. The second kappa shape index (κ2) is 5.02. The van der Waals surface area contributed by atoms with Crippen LogP contribution in [0.25, 0.3) is 11.0 Å². The molecule has 0 spiro atoms. The molecule has 0 radical (unpaired) electrons. The predicted molar refractivity (Wildman–Crippen MR) is 75.3 cm³/mol. The van der Waals surface area contributed by atoms with Gasteiger partial charge in [0.15, 0.2) is 17.2 Å². The van der Waals surface area contributed by atoms with Gasteiger partial charge in [-0.1, -0.05) is 19.1 Å². The van der Waals surface area contributed by atoms with Crippen LogP contribution in [0.4, 0.5) is 4.39 Å². The second-order valence-corrected chi connectivity index (χ2v) is 5.51. The number of furan rings is 1. The van der Waals surface area contributed by atoms with E-state index in [0.717, 1.165) is 25.8 Å². The number of ketones is 1. The van der Waals surface area contributed by atoms with Crippen molar-refractivity contribution in [3.63, 3.8) is 0 Å². The Labute approximate surface area is 117 Å². The Bertz CT molecular complexity index is 641. The average Bonchev–Trinajstić information content (AvgIpc) is 2.92. The monoisotopic (exact) mass is 275 g/mol. The number of piperidine rings is 1. The van der Waals surface area contributed by atoms with E-state index in [1.807, 2.05) is 6.92 Å². The Kier molecular flexibility index (Phi) is 3.34. The summed E-state index contributed by atoms with van der Waals surface area (Å²) in [6, 6.07) is 6.39. The van der Waals surface area contributed by atoms with Gasteiger partial charge in [-0.25, -0.2) is 4.39 Å². The van der Waals surface area contributed by atoms with Crippen LogP contribution in [0.15, 0.2) is 28.7 Å². The van der Waals surface area contributed by atoms with E-state index in [0.29, 0.717) is 11.9 Å². The van der Waals surface area contributed by atoms with E-state index >= 15 is 0 Å². The molecule has 20 heavy (non-hydrogen) atoms. The molecule has 1 fully saturated rings. The highest BCUT2D eigenvalue weighted by Crippen LogP contribution is 2.35. The van der Waals surface area contributed by atoms with Crippen molar-refractivity contribution in [3.05, 3.63) is 35.8 Å². The lowest BCUT2D eigenvalue weighted by molar-refractivity contribution is 0.0701. The summed E-state index contributed by atoms with van der Waals surface area (Å²) >= 11 is 0. The van der Waals surface area contributed by atoms with Crippen molar-refractivity contribution in [2.75, 3.05) is 13.1 Å². The summed E-state index contributed by atoms with van der Waals surface area (Å²) in [5.74, 6) is -0.160. The number of benzene rings is 1. The van der Waals surface area contributed by atoms with Gasteiger partial charge in [0.05, 0.1) is 0 Å². The summed E-state index contributed by atoms with van der Waals surface area (Å²) in [5.41, 5.74) is -0.242. The zero-order valence-electron chi connectivity index (χ0n) is 11.5. The number of halogens is 1. The Hall–Kier alpha value is -1.68. The molecule has 1 aliphatic rings. The molecule has 1 unspecified atom stereocenters. The first kappa shape index (κ1) is 13.3. The first-order chi connectivity index (χ1) is 9.66. The van der Waals surface area contributed by atoms with Gasteiger partial charge in [0.25, 0.3) is 0 Å². The summed E-state index contributed by atoms with van der Waals surface area (Å²) in [4.78, 5) is 12.8. The number of fused-ring (bicyclic) bond motifs is 1. The van der Waals surface area contributed by atoms with Crippen LogP contribution < -0.4 is 5.32 Å². The molecular weight excluding hydrogens is 257 g/mol. The molecule has 2 heterocycles. The number of hydrogen-bond acceptors (Lipinski definition) is 3. The largest absolute Gasteiger partial charge is 0.450 e. The van der Waals surface area contributed by atoms with E-state index in [1.165, 1.54) is 6.07 Å². The van der Waals surface area contributed by atoms with Gasteiger partial charge in [-0.3, -0.25) is 4.79 Å². The quantitative estimate of drug-likeness (QED) is 0.871. The third-order valence-electron chi connectivity index (χ3n) is 4.35. The smallest absolute Gasteiger partial charge is 0.205 e. The molecule has 3 nitrogen and oxygen atoms in total. The SMILES string of the molecule is CCC1(C(=O)c2cc3cccc(F)c3o2)CCCNC1. The lowest BCUT2D eigenvalue weighted by atomic mass is 9.74.